The number of rotatable bonds is 4. The molecule has 1 amide bonds. The predicted octanol–water partition coefficient (Wildman–Crippen LogP) is 0.347. The number of nitrogens with zero attached hydrogens (tertiary/aromatic N) is 3. The molecule has 2 aromatic heterocycles. The Morgan fingerprint density at radius 3 is 2.84 bits per heavy atom. The third kappa shape index (κ3) is 3.16. The molecular weight excluding hydrogens is 268 g/mol. The van der Waals surface area contributed by atoms with Gasteiger partial charge in [0, 0.05) is 12.4 Å². The summed E-state index contributed by atoms with van der Waals surface area (Å²) < 4.78 is 26.0. The van der Waals surface area contributed by atoms with Crippen LogP contribution in [-0.2, 0) is 10.0 Å². The van der Waals surface area contributed by atoms with Crippen molar-refractivity contribution in [2.24, 2.45) is 0 Å². The Morgan fingerprint density at radius 2 is 2.21 bits per heavy atom. The first kappa shape index (κ1) is 13.2. The summed E-state index contributed by atoms with van der Waals surface area (Å²) in [5.74, 6) is -0.854. The molecule has 100 valence electrons. The van der Waals surface area contributed by atoms with Crippen molar-refractivity contribution in [2.45, 2.75) is 6.92 Å². The Labute approximate surface area is 110 Å². The Bertz CT molecular complexity index is 679. The molecule has 0 aliphatic heterocycles. The van der Waals surface area contributed by atoms with Gasteiger partial charge in [-0.15, -0.1) is 0 Å². The largest absolute Gasteiger partial charge is 0.268 e. The number of hydrogen-bond acceptors (Lipinski definition) is 5. The van der Waals surface area contributed by atoms with Gasteiger partial charge in [-0.3, -0.25) is 9.78 Å². The normalized spacial score (nSPS) is 11.2. The van der Waals surface area contributed by atoms with E-state index in [4.69, 9.17) is 0 Å². The van der Waals surface area contributed by atoms with Crippen molar-refractivity contribution in [3.63, 3.8) is 0 Å². The van der Waals surface area contributed by atoms with Crippen LogP contribution in [0.15, 0.2) is 36.9 Å². The molecular formula is C11H12N4O3S. The quantitative estimate of drug-likeness (QED) is 0.872. The van der Waals surface area contributed by atoms with Crippen molar-refractivity contribution in [2.75, 3.05) is 5.75 Å². The molecule has 0 aliphatic rings. The zero-order valence-corrected chi connectivity index (χ0v) is 11.0. The number of hydrogen-bond donors (Lipinski definition) is 1. The number of sulfonamides is 1. The third-order valence-electron chi connectivity index (χ3n) is 2.38. The highest BCUT2D eigenvalue weighted by molar-refractivity contribution is 7.90. The summed E-state index contributed by atoms with van der Waals surface area (Å²) in [6, 6.07) is 3.50. The Balaban J connectivity index is 2.20. The van der Waals surface area contributed by atoms with Gasteiger partial charge in [-0.2, -0.15) is 5.10 Å². The molecule has 0 aliphatic carbocycles. The standard InChI is InChI=1S/C11H12N4O3S/c1-2-19(17,18)14-11(16)9-6-13-15(8-9)10-4-3-5-12-7-10/h3-8H,2H2,1H3,(H,14,16). The molecule has 8 heteroatoms. The molecule has 0 radical (unpaired) electrons. The topological polar surface area (TPSA) is 94.0 Å². The van der Waals surface area contributed by atoms with Crippen LogP contribution in [0.4, 0.5) is 0 Å². The van der Waals surface area contributed by atoms with E-state index in [0.29, 0.717) is 5.69 Å². The van der Waals surface area contributed by atoms with E-state index in [-0.39, 0.29) is 11.3 Å². The molecule has 1 N–H and O–H groups in total. The minimum absolute atomic E-state index is 0.157. The molecule has 0 atom stereocenters. The van der Waals surface area contributed by atoms with Crippen LogP contribution in [0, 0.1) is 0 Å². The summed E-state index contributed by atoms with van der Waals surface area (Å²) in [5, 5.41) is 3.98. The minimum atomic E-state index is -3.57. The number of carbonyl (C=O) groups excluding carboxylic acids is 1. The molecule has 2 heterocycles. The van der Waals surface area contributed by atoms with Crippen molar-refractivity contribution in [1.82, 2.24) is 19.5 Å². The van der Waals surface area contributed by atoms with E-state index < -0.39 is 15.9 Å². The highest BCUT2D eigenvalue weighted by atomic mass is 32.2. The van der Waals surface area contributed by atoms with Crippen LogP contribution in [0.2, 0.25) is 0 Å². The smallest absolute Gasteiger partial charge is 0.267 e. The van der Waals surface area contributed by atoms with Crippen molar-refractivity contribution in [3.8, 4) is 5.69 Å². The molecule has 0 aromatic carbocycles. The van der Waals surface area contributed by atoms with E-state index >= 15 is 0 Å². The molecule has 2 rings (SSSR count). The van der Waals surface area contributed by atoms with Gasteiger partial charge in [0.25, 0.3) is 5.91 Å². The second-order valence-corrected chi connectivity index (χ2v) is 5.73. The van der Waals surface area contributed by atoms with E-state index in [9.17, 15) is 13.2 Å². The zero-order valence-electron chi connectivity index (χ0n) is 10.1. The van der Waals surface area contributed by atoms with Gasteiger partial charge in [-0.25, -0.2) is 17.8 Å². The fraction of sp³-hybridized carbons (Fsp3) is 0.182. The fourth-order valence-corrected chi connectivity index (χ4v) is 1.89. The number of aromatic nitrogens is 3. The number of carbonyl (C=O) groups is 1. The van der Waals surface area contributed by atoms with E-state index in [1.54, 1.807) is 24.5 Å². The summed E-state index contributed by atoms with van der Waals surface area (Å²) in [4.78, 5) is 15.6. The van der Waals surface area contributed by atoms with Crippen LogP contribution in [0.3, 0.4) is 0 Å². The van der Waals surface area contributed by atoms with Crippen molar-refractivity contribution in [1.29, 1.82) is 0 Å². The molecule has 0 saturated heterocycles. The average molecular weight is 280 g/mol. The number of nitrogens with one attached hydrogen (secondary N) is 1. The summed E-state index contributed by atoms with van der Waals surface area (Å²) in [6.07, 6.45) is 5.94. The van der Waals surface area contributed by atoms with Crippen LogP contribution >= 0.6 is 0 Å². The second-order valence-electron chi connectivity index (χ2n) is 3.72. The van der Waals surface area contributed by atoms with Gasteiger partial charge >= 0.3 is 0 Å². The second kappa shape index (κ2) is 5.19. The first-order valence-electron chi connectivity index (χ1n) is 5.52. The summed E-state index contributed by atoms with van der Waals surface area (Å²) in [6.45, 7) is 1.45. The van der Waals surface area contributed by atoms with Crippen LogP contribution in [0.25, 0.3) is 5.69 Å². The predicted molar refractivity (Wildman–Crippen MR) is 68.3 cm³/mol. The Hall–Kier alpha value is -2.22. The maximum atomic E-state index is 11.7. The van der Waals surface area contributed by atoms with Crippen molar-refractivity contribution >= 4 is 15.9 Å². The number of pyridine rings is 1. The molecule has 19 heavy (non-hydrogen) atoms. The van der Waals surface area contributed by atoms with Crippen LogP contribution in [0.5, 0.6) is 0 Å². The van der Waals surface area contributed by atoms with Gasteiger partial charge in [0.1, 0.15) is 0 Å². The lowest BCUT2D eigenvalue weighted by atomic mass is 10.3. The summed E-state index contributed by atoms with van der Waals surface area (Å²) >= 11 is 0. The van der Waals surface area contributed by atoms with Gasteiger partial charge in [-0.1, -0.05) is 0 Å². The molecule has 0 spiro atoms. The van der Waals surface area contributed by atoms with E-state index in [2.05, 4.69) is 10.1 Å². The Kier molecular flexibility index (Phi) is 3.61. The van der Waals surface area contributed by atoms with E-state index in [0.717, 1.165) is 0 Å². The lowest BCUT2D eigenvalue weighted by molar-refractivity contribution is 0.0981. The van der Waals surface area contributed by atoms with Crippen LogP contribution < -0.4 is 4.72 Å². The van der Waals surface area contributed by atoms with E-state index in [1.807, 2.05) is 4.72 Å². The average Bonchev–Trinajstić information content (AvgIpc) is 2.89. The SMILES string of the molecule is CCS(=O)(=O)NC(=O)c1cnn(-c2cccnc2)c1. The molecule has 0 fully saturated rings. The summed E-state index contributed by atoms with van der Waals surface area (Å²) in [7, 11) is -3.57. The monoisotopic (exact) mass is 280 g/mol. The lowest BCUT2D eigenvalue weighted by Crippen LogP contribution is -2.31. The highest BCUT2D eigenvalue weighted by Gasteiger charge is 2.15. The van der Waals surface area contributed by atoms with Crippen LogP contribution in [0.1, 0.15) is 17.3 Å². The molecule has 0 unspecified atom stereocenters. The van der Waals surface area contributed by atoms with Gasteiger partial charge in [0.15, 0.2) is 0 Å². The molecule has 0 saturated carbocycles. The van der Waals surface area contributed by atoms with Gasteiger partial charge in [-0.05, 0) is 19.1 Å². The third-order valence-corrected chi connectivity index (χ3v) is 3.64. The number of amides is 1. The van der Waals surface area contributed by atoms with Gasteiger partial charge < -0.3 is 0 Å². The zero-order chi connectivity index (χ0) is 13.9. The van der Waals surface area contributed by atoms with Gasteiger partial charge in [0.05, 0.1) is 29.4 Å². The Morgan fingerprint density at radius 1 is 1.42 bits per heavy atom. The van der Waals surface area contributed by atoms with Gasteiger partial charge in [0.2, 0.25) is 10.0 Å². The maximum absolute atomic E-state index is 11.7. The first-order valence-corrected chi connectivity index (χ1v) is 7.17. The molecule has 2 aromatic rings. The highest BCUT2D eigenvalue weighted by Crippen LogP contribution is 2.06. The van der Waals surface area contributed by atoms with Crippen molar-refractivity contribution in [3.05, 3.63) is 42.5 Å². The fourth-order valence-electron chi connectivity index (χ4n) is 1.34. The molecule has 0 bridgehead atoms. The lowest BCUT2D eigenvalue weighted by Gasteiger charge is -2.02. The maximum Gasteiger partial charge on any atom is 0.267 e. The van der Waals surface area contributed by atoms with Crippen LogP contribution in [-0.4, -0.2) is 34.8 Å². The minimum Gasteiger partial charge on any atom is -0.268 e. The molecule has 7 nitrogen and oxygen atoms in total. The summed E-state index contributed by atoms with van der Waals surface area (Å²) in [5.41, 5.74) is 0.848. The first-order chi connectivity index (χ1) is 9.02. The van der Waals surface area contributed by atoms with Crippen molar-refractivity contribution < 1.29 is 13.2 Å². The van der Waals surface area contributed by atoms with E-state index in [1.165, 1.54) is 24.0 Å².